The average molecular weight is 249 g/mol. The summed E-state index contributed by atoms with van der Waals surface area (Å²) in [6.45, 7) is 5.58. The van der Waals surface area contributed by atoms with Crippen molar-refractivity contribution in [3.63, 3.8) is 0 Å². The number of carbonyl (C=O) groups is 1. The number of hydrogen-bond acceptors (Lipinski definition) is 4. The Kier molecular flexibility index (Phi) is 5.05. The second-order valence-corrected chi connectivity index (χ2v) is 3.77. The van der Waals surface area contributed by atoms with E-state index in [1.54, 1.807) is 6.08 Å². The van der Waals surface area contributed by atoms with Crippen LogP contribution in [0.25, 0.3) is 0 Å². The van der Waals surface area contributed by atoms with Gasteiger partial charge in [-0.05, 0) is 18.6 Å². The summed E-state index contributed by atoms with van der Waals surface area (Å²) in [5.41, 5.74) is 0.240. The van der Waals surface area contributed by atoms with Crippen LogP contribution >= 0.6 is 0 Å². The third-order valence-electron chi connectivity index (χ3n) is 2.41. The van der Waals surface area contributed by atoms with Crippen LogP contribution in [0.3, 0.4) is 0 Å². The van der Waals surface area contributed by atoms with Gasteiger partial charge in [0.2, 0.25) is 0 Å². The second-order valence-electron chi connectivity index (χ2n) is 3.77. The maximum atomic E-state index is 11.7. The minimum absolute atomic E-state index is 0.0552. The van der Waals surface area contributed by atoms with Crippen LogP contribution in [0, 0.1) is 10.1 Å². The first-order valence-corrected chi connectivity index (χ1v) is 5.66. The smallest absolute Gasteiger partial charge is 0.338 e. The number of non-ortho nitro benzene ring substituents is 1. The first-order valence-electron chi connectivity index (χ1n) is 5.66. The van der Waals surface area contributed by atoms with E-state index in [0.717, 1.165) is 6.42 Å². The predicted octanol–water partition coefficient (Wildman–Crippen LogP) is 3.11. The fourth-order valence-electron chi connectivity index (χ4n) is 1.43. The van der Waals surface area contributed by atoms with Gasteiger partial charge in [0.25, 0.3) is 5.69 Å². The van der Waals surface area contributed by atoms with E-state index in [9.17, 15) is 14.9 Å². The number of esters is 1. The summed E-state index contributed by atoms with van der Waals surface area (Å²) in [4.78, 5) is 21.7. The Balaban J connectivity index is 2.72. The molecule has 0 fully saturated rings. The van der Waals surface area contributed by atoms with E-state index in [-0.39, 0.29) is 11.8 Å². The first kappa shape index (κ1) is 13.9. The van der Waals surface area contributed by atoms with Gasteiger partial charge in [-0.3, -0.25) is 10.1 Å². The molecule has 0 aliphatic carbocycles. The Labute approximate surface area is 105 Å². The van der Waals surface area contributed by atoms with Crippen molar-refractivity contribution in [1.82, 2.24) is 0 Å². The second kappa shape index (κ2) is 6.54. The van der Waals surface area contributed by atoms with Crippen molar-refractivity contribution in [1.29, 1.82) is 0 Å². The van der Waals surface area contributed by atoms with E-state index >= 15 is 0 Å². The normalized spacial score (nSPS) is 11.6. The number of nitro benzene ring substituents is 1. The van der Waals surface area contributed by atoms with Crippen LogP contribution in [0.1, 0.15) is 30.1 Å². The molecule has 0 bridgehead atoms. The zero-order valence-corrected chi connectivity index (χ0v) is 10.2. The first-order chi connectivity index (χ1) is 8.58. The Morgan fingerprint density at radius 3 is 2.56 bits per heavy atom. The van der Waals surface area contributed by atoms with Crippen molar-refractivity contribution in [3.05, 3.63) is 52.6 Å². The molecule has 0 radical (unpaired) electrons. The van der Waals surface area contributed by atoms with Gasteiger partial charge in [0.05, 0.1) is 10.5 Å². The molecule has 0 amide bonds. The van der Waals surface area contributed by atoms with E-state index in [0.29, 0.717) is 12.0 Å². The topological polar surface area (TPSA) is 69.4 Å². The largest absolute Gasteiger partial charge is 0.455 e. The molecule has 0 saturated carbocycles. The van der Waals surface area contributed by atoms with Gasteiger partial charge in [-0.25, -0.2) is 4.79 Å². The molecule has 1 atom stereocenters. The number of hydrogen-bond donors (Lipinski definition) is 0. The Bertz CT molecular complexity index is 439. The van der Waals surface area contributed by atoms with Crippen molar-refractivity contribution in [2.24, 2.45) is 0 Å². The van der Waals surface area contributed by atoms with Crippen molar-refractivity contribution in [2.75, 3.05) is 0 Å². The third kappa shape index (κ3) is 3.69. The van der Waals surface area contributed by atoms with Gasteiger partial charge < -0.3 is 4.74 Å². The minimum Gasteiger partial charge on any atom is -0.455 e. The number of nitrogens with zero attached hydrogens (tertiary/aromatic N) is 1. The molecule has 1 rings (SSSR count). The summed E-state index contributed by atoms with van der Waals surface area (Å²) < 4.78 is 5.20. The van der Waals surface area contributed by atoms with E-state index < -0.39 is 10.9 Å². The summed E-state index contributed by atoms with van der Waals surface area (Å²) in [6, 6.07) is 5.32. The molecular weight excluding hydrogens is 234 g/mol. The number of nitro groups is 1. The molecular formula is C13H15NO4. The van der Waals surface area contributed by atoms with Crippen molar-refractivity contribution < 1.29 is 14.5 Å². The van der Waals surface area contributed by atoms with Gasteiger partial charge >= 0.3 is 5.97 Å². The van der Waals surface area contributed by atoms with E-state index in [1.807, 2.05) is 6.92 Å². The van der Waals surface area contributed by atoms with Gasteiger partial charge in [-0.2, -0.15) is 0 Å². The van der Waals surface area contributed by atoms with Crippen LogP contribution in [-0.2, 0) is 4.74 Å². The van der Waals surface area contributed by atoms with Gasteiger partial charge in [0.15, 0.2) is 0 Å². The highest BCUT2D eigenvalue weighted by atomic mass is 16.6. The molecule has 0 aliphatic heterocycles. The molecule has 5 heteroatoms. The van der Waals surface area contributed by atoms with Gasteiger partial charge in [0, 0.05) is 12.1 Å². The highest BCUT2D eigenvalue weighted by molar-refractivity contribution is 5.89. The number of ether oxygens (including phenoxy) is 1. The summed E-state index contributed by atoms with van der Waals surface area (Å²) in [5, 5.41) is 10.5. The Morgan fingerprint density at radius 1 is 1.50 bits per heavy atom. The predicted molar refractivity (Wildman–Crippen MR) is 67.4 cm³/mol. The maximum Gasteiger partial charge on any atom is 0.338 e. The van der Waals surface area contributed by atoms with Crippen molar-refractivity contribution >= 4 is 11.7 Å². The minimum atomic E-state index is -0.515. The molecule has 0 N–H and O–H groups in total. The fourth-order valence-corrected chi connectivity index (χ4v) is 1.43. The van der Waals surface area contributed by atoms with Crippen LogP contribution in [-0.4, -0.2) is 17.0 Å². The Morgan fingerprint density at radius 2 is 2.11 bits per heavy atom. The van der Waals surface area contributed by atoms with Gasteiger partial charge in [-0.15, -0.1) is 0 Å². The summed E-state index contributed by atoms with van der Waals surface area (Å²) >= 11 is 0. The lowest BCUT2D eigenvalue weighted by atomic mass is 10.2. The van der Waals surface area contributed by atoms with E-state index in [4.69, 9.17) is 4.74 Å². The summed E-state index contributed by atoms with van der Waals surface area (Å²) in [7, 11) is 0. The fraction of sp³-hybridized carbons (Fsp3) is 0.308. The molecule has 5 nitrogen and oxygen atoms in total. The number of benzene rings is 1. The zero-order valence-electron chi connectivity index (χ0n) is 10.2. The monoisotopic (exact) mass is 249 g/mol. The number of carbonyl (C=O) groups excluding carboxylic acids is 1. The lowest BCUT2D eigenvalue weighted by molar-refractivity contribution is -0.384. The van der Waals surface area contributed by atoms with Gasteiger partial charge in [-0.1, -0.05) is 26.0 Å². The molecule has 1 aromatic rings. The lowest BCUT2D eigenvalue weighted by Gasteiger charge is -2.12. The van der Waals surface area contributed by atoms with Gasteiger partial charge in [0.1, 0.15) is 6.10 Å². The molecule has 0 saturated heterocycles. The lowest BCUT2D eigenvalue weighted by Crippen LogP contribution is -2.15. The molecule has 18 heavy (non-hydrogen) atoms. The van der Waals surface area contributed by atoms with Crippen LogP contribution in [0.5, 0.6) is 0 Å². The van der Waals surface area contributed by atoms with Crippen LogP contribution in [0.15, 0.2) is 36.9 Å². The Hall–Kier alpha value is -2.17. The third-order valence-corrected chi connectivity index (χ3v) is 2.41. The highest BCUT2D eigenvalue weighted by Crippen LogP contribution is 2.14. The van der Waals surface area contributed by atoms with Crippen LogP contribution in [0.4, 0.5) is 5.69 Å². The highest BCUT2D eigenvalue weighted by Gasteiger charge is 2.14. The quantitative estimate of drug-likeness (QED) is 0.336. The molecule has 1 aromatic carbocycles. The summed E-state index contributed by atoms with van der Waals surface area (Å²) in [5.74, 6) is -0.497. The molecule has 0 aliphatic rings. The van der Waals surface area contributed by atoms with Crippen molar-refractivity contribution in [2.45, 2.75) is 25.9 Å². The summed E-state index contributed by atoms with van der Waals surface area (Å²) in [6.07, 6.45) is 2.84. The van der Waals surface area contributed by atoms with Crippen molar-refractivity contribution in [3.8, 4) is 0 Å². The average Bonchev–Trinajstić information content (AvgIpc) is 2.38. The zero-order chi connectivity index (χ0) is 13.5. The standard InChI is InChI=1S/C13H15NO4/c1-3-5-12(4-2)18-13(15)10-6-8-11(9-7-10)14(16)17/h4,6-9,12H,2-3,5H2,1H3. The number of rotatable bonds is 6. The SMILES string of the molecule is C=CC(CCC)OC(=O)c1ccc([N+](=O)[O-])cc1. The maximum absolute atomic E-state index is 11.7. The van der Waals surface area contributed by atoms with Crippen LogP contribution in [0.2, 0.25) is 0 Å². The molecule has 0 heterocycles. The van der Waals surface area contributed by atoms with Crippen LogP contribution < -0.4 is 0 Å². The van der Waals surface area contributed by atoms with E-state index in [1.165, 1.54) is 24.3 Å². The van der Waals surface area contributed by atoms with E-state index in [2.05, 4.69) is 6.58 Å². The molecule has 1 unspecified atom stereocenters. The molecule has 0 spiro atoms. The molecule has 0 aromatic heterocycles. The molecule has 96 valence electrons.